The van der Waals surface area contributed by atoms with E-state index < -0.39 is 9.84 Å². The zero-order chi connectivity index (χ0) is 19.0. The summed E-state index contributed by atoms with van der Waals surface area (Å²) >= 11 is 0. The molecular weight excluding hydrogens is 370 g/mol. The van der Waals surface area contributed by atoms with E-state index in [1.165, 1.54) is 6.07 Å². The third kappa shape index (κ3) is 3.34. The van der Waals surface area contributed by atoms with Crippen LogP contribution in [0.5, 0.6) is 17.2 Å². The molecule has 2 aromatic carbocycles. The molecule has 0 amide bonds. The number of hydrogen-bond donors (Lipinski definition) is 2. The Morgan fingerprint density at radius 1 is 1.22 bits per heavy atom. The molecule has 2 heterocycles. The van der Waals surface area contributed by atoms with Gasteiger partial charge in [0.15, 0.2) is 15.7 Å². The molecule has 0 saturated heterocycles. The maximum atomic E-state index is 12.3. The number of nitrogens with zero attached hydrogens (tertiary/aromatic N) is 3. The molecule has 0 spiro atoms. The van der Waals surface area contributed by atoms with Crippen LogP contribution >= 0.6 is 0 Å². The molecule has 0 bridgehead atoms. The van der Waals surface area contributed by atoms with Gasteiger partial charge in [-0.3, -0.25) is 0 Å². The summed E-state index contributed by atoms with van der Waals surface area (Å²) in [6.07, 6.45) is 1.45. The Hall–Kier alpha value is -3.40. The molecule has 0 fully saturated rings. The van der Waals surface area contributed by atoms with Gasteiger partial charge in [-0.05, 0) is 23.4 Å². The predicted molar refractivity (Wildman–Crippen MR) is 95.7 cm³/mol. The van der Waals surface area contributed by atoms with Crippen LogP contribution in [0, 0.1) is 0 Å². The number of nitrogens with two attached hydrogens (primary N) is 1. The smallest absolute Gasteiger partial charge is 0.206 e. The van der Waals surface area contributed by atoms with E-state index in [0.29, 0.717) is 34.9 Å². The third-order valence-electron chi connectivity index (χ3n) is 4.00. The lowest BCUT2D eigenvalue weighted by molar-refractivity contribution is 0.402. The fourth-order valence-electron chi connectivity index (χ4n) is 2.74. The summed E-state index contributed by atoms with van der Waals surface area (Å²) in [6, 6.07) is 12.0. The lowest BCUT2D eigenvalue weighted by Crippen LogP contribution is -2.18. The number of ether oxygens (including phenoxy) is 2. The molecule has 1 aromatic heterocycles. The van der Waals surface area contributed by atoms with Crippen LogP contribution in [0.15, 0.2) is 53.2 Å². The number of benzene rings is 2. The number of para-hydroxylation sites is 1. The Kier molecular flexibility index (Phi) is 4.04. The Bertz CT molecular complexity index is 1130. The SMILES string of the molecule is CS(=O)(=O)c1cc2c(cc1Oc1ccccc1)CC(c1nn[nH]n1)=C(N)O2. The Morgan fingerprint density at radius 3 is 2.67 bits per heavy atom. The molecule has 138 valence electrons. The van der Waals surface area contributed by atoms with Crippen LogP contribution in [0.1, 0.15) is 11.4 Å². The molecular formula is C17H15N5O4S. The van der Waals surface area contributed by atoms with Crippen molar-refractivity contribution in [2.45, 2.75) is 11.3 Å². The van der Waals surface area contributed by atoms with Crippen LogP contribution in [0.2, 0.25) is 0 Å². The quantitative estimate of drug-likeness (QED) is 0.693. The topological polar surface area (TPSA) is 133 Å². The summed E-state index contributed by atoms with van der Waals surface area (Å²) in [5, 5.41) is 13.7. The second-order valence-electron chi connectivity index (χ2n) is 5.95. The highest BCUT2D eigenvalue weighted by Crippen LogP contribution is 2.39. The molecule has 0 aliphatic carbocycles. The number of allylic oxidation sites excluding steroid dienone is 1. The first kappa shape index (κ1) is 17.0. The van der Waals surface area contributed by atoms with Crippen molar-refractivity contribution in [3.63, 3.8) is 0 Å². The number of sulfone groups is 1. The Morgan fingerprint density at radius 2 is 2.00 bits per heavy atom. The molecule has 9 nitrogen and oxygen atoms in total. The van der Waals surface area contributed by atoms with E-state index in [2.05, 4.69) is 20.6 Å². The van der Waals surface area contributed by atoms with E-state index >= 15 is 0 Å². The first-order valence-corrected chi connectivity index (χ1v) is 9.81. The highest BCUT2D eigenvalue weighted by Gasteiger charge is 2.26. The van der Waals surface area contributed by atoms with Gasteiger partial charge in [-0.25, -0.2) is 8.42 Å². The minimum absolute atomic E-state index is 0.0147. The van der Waals surface area contributed by atoms with E-state index in [-0.39, 0.29) is 16.5 Å². The number of fused-ring (bicyclic) bond motifs is 1. The number of hydrogen-bond acceptors (Lipinski definition) is 8. The van der Waals surface area contributed by atoms with E-state index in [0.717, 1.165) is 6.26 Å². The van der Waals surface area contributed by atoms with Crippen molar-refractivity contribution < 1.29 is 17.9 Å². The largest absolute Gasteiger partial charge is 0.456 e. The lowest BCUT2D eigenvalue weighted by Gasteiger charge is -2.21. The molecule has 10 heteroatoms. The van der Waals surface area contributed by atoms with Crippen molar-refractivity contribution in [3.8, 4) is 17.2 Å². The summed E-state index contributed by atoms with van der Waals surface area (Å²) in [5.41, 5.74) is 7.21. The van der Waals surface area contributed by atoms with Gasteiger partial charge in [-0.2, -0.15) is 5.21 Å². The van der Waals surface area contributed by atoms with Gasteiger partial charge in [0.25, 0.3) is 0 Å². The van der Waals surface area contributed by atoms with Gasteiger partial charge >= 0.3 is 0 Å². The molecule has 0 unspecified atom stereocenters. The van der Waals surface area contributed by atoms with Crippen molar-refractivity contribution in [2.24, 2.45) is 5.73 Å². The van der Waals surface area contributed by atoms with Gasteiger partial charge in [0.05, 0.1) is 5.57 Å². The number of nitrogens with one attached hydrogen (secondary N) is 1. The molecule has 0 saturated carbocycles. The van der Waals surface area contributed by atoms with Gasteiger partial charge in [0.2, 0.25) is 5.82 Å². The van der Waals surface area contributed by atoms with Gasteiger partial charge < -0.3 is 15.2 Å². The summed E-state index contributed by atoms with van der Waals surface area (Å²) in [5.74, 6) is 1.49. The average molecular weight is 385 g/mol. The van der Waals surface area contributed by atoms with Crippen LogP contribution in [0.25, 0.3) is 5.57 Å². The van der Waals surface area contributed by atoms with Crippen molar-refractivity contribution in [1.29, 1.82) is 0 Å². The predicted octanol–water partition coefficient (Wildman–Crippen LogP) is 1.66. The fourth-order valence-corrected chi connectivity index (χ4v) is 3.53. The third-order valence-corrected chi connectivity index (χ3v) is 5.12. The first-order valence-electron chi connectivity index (χ1n) is 7.92. The van der Waals surface area contributed by atoms with Gasteiger partial charge in [0, 0.05) is 24.3 Å². The zero-order valence-electron chi connectivity index (χ0n) is 14.2. The van der Waals surface area contributed by atoms with Gasteiger partial charge in [-0.15, -0.1) is 10.2 Å². The van der Waals surface area contributed by atoms with Crippen molar-refractivity contribution in [1.82, 2.24) is 20.6 Å². The van der Waals surface area contributed by atoms with Crippen LogP contribution in [0.3, 0.4) is 0 Å². The summed E-state index contributed by atoms with van der Waals surface area (Å²) in [7, 11) is -3.56. The minimum Gasteiger partial charge on any atom is -0.456 e. The Labute approximate surface area is 154 Å². The van der Waals surface area contributed by atoms with E-state index in [1.54, 1.807) is 30.3 Å². The molecule has 1 aliphatic heterocycles. The lowest BCUT2D eigenvalue weighted by atomic mass is 10.0. The summed E-state index contributed by atoms with van der Waals surface area (Å²) in [4.78, 5) is 0.0147. The molecule has 0 atom stereocenters. The maximum Gasteiger partial charge on any atom is 0.206 e. The normalized spacial score (nSPS) is 13.8. The standard InChI is InChI=1S/C17H15N5O4S/c1-27(23,24)15-9-13-10(8-14(15)25-11-5-3-2-4-6-11)7-12(16(18)26-13)17-19-21-22-20-17/h2-6,8-9H,7,18H2,1H3,(H,19,20,21,22). The number of aromatic nitrogens is 4. The zero-order valence-corrected chi connectivity index (χ0v) is 15.0. The van der Waals surface area contributed by atoms with E-state index in [9.17, 15) is 8.42 Å². The van der Waals surface area contributed by atoms with Crippen LogP contribution in [0.4, 0.5) is 0 Å². The van der Waals surface area contributed by atoms with Crippen molar-refractivity contribution in [2.75, 3.05) is 6.26 Å². The van der Waals surface area contributed by atoms with Gasteiger partial charge in [0.1, 0.15) is 22.1 Å². The van der Waals surface area contributed by atoms with E-state index in [4.69, 9.17) is 15.2 Å². The average Bonchev–Trinajstić information content (AvgIpc) is 3.15. The molecule has 1 aliphatic rings. The van der Waals surface area contributed by atoms with Crippen molar-refractivity contribution >= 4 is 15.4 Å². The highest BCUT2D eigenvalue weighted by molar-refractivity contribution is 7.90. The monoisotopic (exact) mass is 385 g/mol. The second kappa shape index (κ2) is 6.40. The van der Waals surface area contributed by atoms with Crippen LogP contribution < -0.4 is 15.2 Å². The van der Waals surface area contributed by atoms with Crippen LogP contribution in [-0.2, 0) is 16.3 Å². The maximum absolute atomic E-state index is 12.3. The molecule has 3 N–H and O–H groups in total. The summed E-state index contributed by atoms with van der Waals surface area (Å²) in [6.45, 7) is 0. The minimum atomic E-state index is -3.56. The highest BCUT2D eigenvalue weighted by atomic mass is 32.2. The molecule has 0 radical (unpaired) electrons. The van der Waals surface area contributed by atoms with E-state index in [1.807, 2.05) is 6.07 Å². The summed E-state index contributed by atoms with van der Waals surface area (Å²) < 4.78 is 36.0. The number of aromatic amines is 1. The van der Waals surface area contributed by atoms with Crippen LogP contribution in [-0.4, -0.2) is 35.3 Å². The molecule has 3 aromatic rings. The van der Waals surface area contributed by atoms with Crippen molar-refractivity contribution in [3.05, 3.63) is 59.7 Å². The number of rotatable bonds is 4. The molecule has 27 heavy (non-hydrogen) atoms. The number of H-pyrrole nitrogens is 1. The Balaban J connectivity index is 1.79. The fraction of sp³-hybridized carbons (Fsp3) is 0.118. The van der Waals surface area contributed by atoms with Gasteiger partial charge in [-0.1, -0.05) is 18.2 Å². The number of tetrazole rings is 1. The molecule has 4 rings (SSSR count). The second-order valence-corrected chi connectivity index (χ2v) is 7.94. The first-order chi connectivity index (χ1) is 12.9.